The smallest absolute Gasteiger partial charge is 0.223 e. The maximum Gasteiger partial charge on any atom is 0.223 e. The maximum absolute atomic E-state index is 13.3. The van der Waals surface area contributed by atoms with E-state index < -0.39 is 5.82 Å². The number of benzene rings is 2. The van der Waals surface area contributed by atoms with Crippen molar-refractivity contribution in [2.24, 2.45) is 0 Å². The number of piperazine rings is 1. The summed E-state index contributed by atoms with van der Waals surface area (Å²) in [6.07, 6.45) is 0.914. The van der Waals surface area contributed by atoms with Gasteiger partial charge in [0, 0.05) is 44.4 Å². The predicted molar refractivity (Wildman–Crippen MR) is 130 cm³/mol. The van der Waals surface area contributed by atoms with Crippen LogP contribution in [0, 0.1) is 19.7 Å². The Morgan fingerprint density at radius 3 is 2.45 bits per heavy atom. The van der Waals surface area contributed by atoms with E-state index in [0.29, 0.717) is 44.8 Å². The molecular formula is C25H27ClFN5O. The topological polar surface area (TPSA) is 61.4 Å². The van der Waals surface area contributed by atoms with Crippen molar-refractivity contribution in [2.75, 3.05) is 36.4 Å². The highest BCUT2D eigenvalue weighted by Crippen LogP contribution is 2.22. The van der Waals surface area contributed by atoms with Crippen LogP contribution in [0.15, 0.2) is 48.5 Å². The van der Waals surface area contributed by atoms with Gasteiger partial charge in [-0.25, -0.2) is 14.4 Å². The molecule has 2 heterocycles. The van der Waals surface area contributed by atoms with Crippen LogP contribution in [0.25, 0.3) is 0 Å². The van der Waals surface area contributed by atoms with Crippen molar-refractivity contribution in [3.8, 4) is 0 Å². The molecule has 0 unspecified atom stereocenters. The van der Waals surface area contributed by atoms with Gasteiger partial charge >= 0.3 is 0 Å². The molecule has 1 fully saturated rings. The van der Waals surface area contributed by atoms with Gasteiger partial charge in [-0.3, -0.25) is 4.79 Å². The summed E-state index contributed by atoms with van der Waals surface area (Å²) in [6, 6.07) is 14.7. The molecule has 1 aliphatic heterocycles. The molecule has 1 saturated heterocycles. The van der Waals surface area contributed by atoms with Crippen LogP contribution in [0.1, 0.15) is 23.4 Å². The minimum Gasteiger partial charge on any atom is -0.353 e. The van der Waals surface area contributed by atoms with E-state index in [0.717, 1.165) is 22.9 Å². The summed E-state index contributed by atoms with van der Waals surface area (Å²) in [5.41, 5.74) is 3.04. The number of amides is 1. The molecule has 6 nitrogen and oxygen atoms in total. The van der Waals surface area contributed by atoms with Crippen LogP contribution in [0.4, 0.5) is 21.7 Å². The van der Waals surface area contributed by atoms with Crippen molar-refractivity contribution >= 4 is 34.8 Å². The first-order chi connectivity index (χ1) is 15.9. The van der Waals surface area contributed by atoms with Crippen LogP contribution in [0.2, 0.25) is 5.02 Å². The highest BCUT2D eigenvalue weighted by Gasteiger charge is 2.22. The Morgan fingerprint density at radius 1 is 1.03 bits per heavy atom. The van der Waals surface area contributed by atoms with Crippen LogP contribution in [-0.4, -0.2) is 47.0 Å². The minimum atomic E-state index is -0.444. The number of halogens is 2. The molecule has 0 saturated carbocycles. The van der Waals surface area contributed by atoms with Crippen LogP contribution in [-0.2, 0) is 11.2 Å². The number of hydrogen-bond acceptors (Lipinski definition) is 5. The molecule has 172 valence electrons. The molecule has 0 spiro atoms. The fourth-order valence-electron chi connectivity index (χ4n) is 3.85. The lowest BCUT2D eigenvalue weighted by Crippen LogP contribution is -2.49. The molecule has 0 aliphatic carbocycles. The van der Waals surface area contributed by atoms with E-state index in [4.69, 9.17) is 11.6 Å². The second-order valence-corrected chi connectivity index (χ2v) is 8.67. The number of aromatic nitrogens is 2. The van der Waals surface area contributed by atoms with Gasteiger partial charge in [0.2, 0.25) is 5.91 Å². The number of hydrogen-bond donors (Lipinski definition) is 1. The molecule has 1 N–H and O–H groups in total. The zero-order valence-corrected chi connectivity index (χ0v) is 19.6. The second-order valence-electron chi connectivity index (χ2n) is 8.27. The number of rotatable bonds is 6. The average molecular weight is 468 g/mol. The molecule has 0 bridgehead atoms. The molecule has 3 aromatic rings. The van der Waals surface area contributed by atoms with Gasteiger partial charge in [-0.05, 0) is 50.1 Å². The number of carbonyl (C=O) groups excluding carboxylic acids is 1. The van der Waals surface area contributed by atoms with Gasteiger partial charge in [0.25, 0.3) is 0 Å². The van der Waals surface area contributed by atoms with Crippen LogP contribution in [0.3, 0.4) is 0 Å². The molecule has 0 radical (unpaired) electrons. The largest absolute Gasteiger partial charge is 0.353 e. The second kappa shape index (κ2) is 10.2. The first-order valence-electron chi connectivity index (χ1n) is 11.0. The molecule has 8 heteroatoms. The quantitative estimate of drug-likeness (QED) is 0.558. The van der Waals surface area contributed by atoms with Crippen molar-refractivity contribution < 1.29 is 9.18 Å². The highest BCUT2D eigenvalue weighted by molar-refractivity contribution is 6.30. The van der Waals surface area contributed by atoms with Gasteiger partial charge in [0.05, 0.1) is 5.02 Å². The number of nitrogens with one attached hydrogen (secondary N) is 1. The monoisotopic (exact) mass is 467 g/mol. The Kier molecular flexibility index (Phi) is 7.08. The molecule has 33 heavy (non-hydrogen) atoms. The van der Waals surface area contributed by atoms with Crippen molar-refractivity contribution in [1.29, 1.82) is 0 Å². The summed E-state index contributed by atoms with van der Waals surface area (Å²) < 4.78 is 13.3. The van der Waals surface area contributed by atoms with Crippen molar-refractivity contribution in [1.82, 2.24) is 14.9 Å². The number of anilines is 3. The number of carbonyl (C=O) groups is 1. The average Bonchev–Trinajstić information content (AvgIpc) is 2.81. The van der Waals surface area contributed by atoms with Gasteiger partial charge in [-0.2, -0.15) is 0 Å². The van der Waals surface area contributed by atoms with Crippen LogP contribution < -0.4 is 10.2 Å². The van der Waals surface area contributed by atoms with Gasteiger partial charge < -0.3 is 15.1 Å². The van der Waals surface area contributed by atoms with E-state index in [1.165, 1.54) is 11.6 Å². The van der Waals surface area contributed by atoms with Crippen LogP contribution >= 0.6 is 11.6 Å². The number of nitrogens with zero attached hydrogens (tertiary/aromatic N) is 4. The normalized spacial score (nSPS) is 13.8. The summed E-state index contributed by atoms with van der Waals surface area (Å²) >= 11 is 5.84. The zero-order valence-electron chi connectivity index (χ0n) is 18.8. The SMILES string of the molecule is Cc1ccc(Nc2cc(N3CCN(C(=O)CCc4ccc(F)c(Cl)c4)CC3)nc(C)n2)cc1. The molecule has 1 amide bonds. The Labute approximate surface area is 198 Å². The molecule has 1 aliphatic rings. The van der Waals surface area contributed by atoms with Gasteiger partial charge in [0.15, 0.2) is 0 Å². The van der Waals surface area contributed by atoms with Crippen molar-refractivity contribution in [3.63, 3.8) is 0 Å². The summed E-state index contributed by atoms with van der Waals surface area (Å²) in [5, 5.41) is 3.43. The summed E-state index contributed by atoms with van der Waals surface area (Å²) in [4.78, 5) is 25.8. The maximum atomic E-state index is 13.3. The predicted octanol–water partition coefficient (Wildman–Crippen LogP) is 4.91. The van der Waals surface area contributed by atoms with Gasteiger partial charge in [0.1, 0.15) is 23.3 Å². The Morgan fingerprint density at radius 2 is 1.76 bits per heavy atom. The molecule has 1 aromatic heterocycles. The third-order valence-corrected chi connectivity index (χ3v) is 6.01. The summed E-state index contributed by atoms with van der Waals surface area (Å²) in [6.45, 7) is 6.60. The van der Waals surface area contributed by atoms with Gasteiger partial charge in [-0.1, -0.05) is 35.4 Å². The Balaban J connectivity index is 1.33. The fourth-order valence-corrected chi connectivity index (χ4v) is 4.06. The Hall–Kier alpha value is -3.19. The third-order valence-electron chi connectivity index (χ3n) is 5.72. The number of aryl methyl sites for hydroxylation is 3. The lowest BCUT2D eigenvalue weighted by molar-refractivity contribution is -0.131. The molecule has 4 rings (SSSR count). The van der Waals surface area contributed by atoms with Crippen molar-refractivity contribution in [2.45, 2.75) is 26.7 Å². The minimum absolute atomic E-state index is 0.0879. The van der Waals surface area contributed by atoms with E-state index >= 15 is 0 Å². The van der Waals surface area contributed by atoms with Gasteiger partial charge in [-0.15, -0.1) is 0 Å². The summed E-state index contributed by atoms with van der Waals surface area (Å²) in [5.74, 6) is 1.94. The van der Waals surface area contributed by atoms with Crippen LogP contribution in [0.5, 0.6) is 0 Å². The van der Waals surface area contributed by atoms with E-state index in [-0.39, 0.29) is 10.9 Å². The molecule has 2 aromatic carbocycles. The lowest BCUT2D eigenvalue weighted by Gasteiger charge is -2.35. The van der Waals surface area contributed by atoms with E-state index in [1.807, 2.05) is 30.0 Å². The zero-order chi connectivity index (χ0) is 23.4. The van der Waals surface area contributed by atoms with E-state index in [1.54, 1.807) is 12.1 Å². The molecule has 0 atom stereocenters. The molecular weight excluding hydrogens is 441 g/mol. The lowest BCUT2D eigenvalue weighted by atomic mass is 10.1. The van der Waals surface area contributed by atoms with E-state index in [9.17, 15) is 9.18 Å². The highest BCUT2D eigenvalue weighted by atomic mass is 35.5. The standard InChI is InChI=1S/C25H27ClFN5O/c1-17-3-7-20(8-4-17)30-23-16-24(29-18(2)28-23)31-11-13-32(14-12-31)25(33)10-6-19-5-9-22(27)21(26)15-19/h3-5,7-9,15-16H,6,10-14H2,1-2H3,(H,28,29,30). The first kappa shape index (κ1) is 23.0. The first-order valence-corrected chi connectivity index (χ1v) is 11.4. The Bertz CT molecular complexity index is 1130. The summed E-state index contributed by atoms with van der Waals surface area (Å²) in [7, 11) is 0. The third kappa shape index (κ3) is 5.99. The van der Waals surface area contributed by atoms with E-state index in [2.05, 4.69) is 39.2 Å². The van der Waals surface area contributed by atoms with Crippen molar-refractivity contribution in [3.05, 3.63) is 76.3 Å². The fraction of sp³-hybridized carbons (Fsp3) is 0.320.